The second-order valence-electron chi connectivity index (χ2n) is 7.28. The fourth-order valence-electron chi connectivity index (χ4n) is 3.56. The van der Waals surface area contributed by atoms with Gasteiger partial charge in [0.15, 0.2) is 0 Å². The molecule has 11 heteroatoms. The maximum Gasteiger partial charge on any atom is 0.416 e. The van der Waals surface area contributed by atoms with Crippen LogP contribution < -0.4 is 15.4 Å². The van der Waals surface area contributed by atoms with E-state index in [0.717, 1.165) is 35.2 Å². The summed E-state index contributed by atoms with van der Waals surface area (Å²) in [6.07, 6.45) is -4.57. The van der Waals surface area contributed by atoms with E-state index in [1.807, 2.05) is 0 Å². The van der Waals surface area contributed by atoms with Gasteiger partial charge in [-0.1, -0.05) is 30.3 Å². The van der Waals surface area contributed by atoms with Crippen LogP contribution in [0, 0.1) is 0 Å². The molecular formula is C22H16F3N3O4S. The van der Waals surface area contributed by atoms with Gasteiger partial charge in [-0.25, -0.2) is 13.6 Å². The topological polar surface area (TPSA) is 110 Å². The molecule has 0 saturated heterocycles. The molecule has 7 nitrogen and oxygen atoms in total. The Hall–Kier alpha value is -3.70. The lowest BCUT2D eigenvalue weighted by Crippen LogP contribution is -2.45. The second-order valence-corrected chi connectivity index (χ2v) is 8.84. The molecule has 1 unspecified atom stereocenters. The Balaban J connectivity index is 1.85. The van der Waals surface area contributed by atoms with Crippen molar-refractivity contribution in [2.24, 2.45) is 5.14 Å². The van der Waals surface area contributed by atoms with Gasteiger partial charge in [0.1, 0.15) is 6.04 Å². The maximum atomic E-state index is 13.5. The SMILES string of the molecule is NS(=O)(=O)c1ccc2c(c1)NC(=O)C(c1ccccc1)N2C(=O)c1ccc(C(F)(F)F)cc1. The zero-order chi connectivity index (χ0) is 24.0. The van der Waals surface area contributed by atoms with Crippen LogP contribution in [0.2, 0.25) is 0 Å². The number of halogens is 3. The van der Waals surface area contributed by atoms with E-state index in [4.69, 9.17) is 5.14 Å². The molecule has 1 aliphatic rings. The van der Waals surface area contributed by atoms with Crippen molar-refractivity contribution in [3.8, 4) is 0 Å². The molecule has 1 heterocycles. The van der Waals surface area contributed by atoms with Crippen molar-refractivity contribution < 1.29 is 31.2 Å². The molecule has 2 amide bonds. The minimum absolute atomic E-state index is 0.0268. The minimum Gasteiger partial charge on any atom is -0.322 e. The highest BCUT2D eigenvalue weighted by molar-refractivity contribution is 7.89. The lowest BCUT2D eigenvalue weighted by molar-refractivity contribution is -0.137. The maximum absolute atomic E-state index is 13.5. The Morgan fingerprint density at radius 2 is 1.61 bits per heavy atom. The molecule has 0 fully saturated rings. The van der Waals surface area contributed by atoms with Crippen LogP contribution in [0.4, 0.5) is 24.5 Å². The molecule has 4 rings (SSSR count). The Morgan fingerprint density at radius 3 is 2.18 bits per heavy atom. The number of primary sulfonamides is 1. The van der Waals surface area contributed by atoms with Crippen LogP contribution in [0.25, 0.3) is 0 Å². The molecule has 0 bridgehead atoms. The number of nitrogens with one attached hydrogen (secondary N) is 1. The molecule has 0 aromatic heterocycles. The highest BCUT2D eigenvalue weighted by Gasteiger charge is 2.39. The monoisotopic (exact) mass is 475 g/mol. The third-order valence-electron chi connectivity index (χ3n) is 5.11. The third kappa shape index (κ3) is 4.32. The number of benzene rings is 3. The number of hydrogen-bond donors (Lipinski definition) is 2. The molecule has 33 heavy (non-hydrogen) atoms. The van der Waals surface area contributed by atoms with Gasteiger partial charge in [0.05, 0.1) is 21.8 Å². The summed E-state index contributed by atoms with van der Waals surface area (Å²) in [5.41, 5.74) is -0.357. The summed E-state index contributed by atoms with van der Waals surface area (Å²) in [5.74, 6) is -1.36. The van der Waals surface area contributed by atoms with E-state index in [0.29, 0.717) is 5.56 Å². The van der Waals surface area contributed by atoms with Crippen molar-refractivity contribution in [2.45, 2.75) is 17.1 Å². The molecule has 0 saturated carbocycles. The molecule has 170 valence electrons. The molecule has 1 aliphatic heterocycles. The number of rotatable bonds is 3. The lowest BCUT2D eigenvalue weighted by atomic mass is 9.98. The first-order valence-corrected chi connectivity index (χ1v) is 11.0. The highest BCUT2D eigenvalue weighted by Crippen LogP contribution is 2.40. The van der Waals surface area contributed by atoms with Crippen molar-refractivity contribution in [1.82, 2.24) is 0 Å². The number of nitrogens with zero attached hydrogens (tertiary/aromatic N) is 1. The number of fused-ring (bicyclic) bond motifs is 1. The molecule has 3 aromatic rings. The van der Waals surface area contributed by atoms with Crippen LogP contribution in [0.15, 0.2) is 77.7 Å². The summed E-state index contributed by atoms with van der Waals surface area (Å²) in [6, 6.07) is 14.4. The summed E-state index contributed by atoms with van der Waals surface area (Å²) < 4.78 is 62.3. The highest BCUT2D eigenvalue weighted by atomic mass is 32.2. The Labute approximate surface area is 186 Å². The number of alkyl halides is 3. The summed E-state index contributed by atoms with van der Waals surface area (Å²) >= 11 is 0. The lowest BCUT2D eigenvalue weighted by Gasteiger charge is -2.37. The summed E-state index contributed by atoms with van der Waals surface area (Å²) in [6.45, 7) is 0. The first-order chi connectivity index (χ1) is 15.5. The van der Waals surface area contributed by atoms with Crippen LogP contribution in [-0.2, 0) is 21.0 Å². The quantitative estimate of drug-likeness (QED) is 0.602. The predicted octanol–water partition coefficient (Wildman–Crippen LogP) is 3.69. The van der Waals surface area contributed by atoms with Gasteiger partial charge < -0.3 is 5.32 Å². The van der Waals surface area contributed by atoms with Gasteiger partial charge in [0.25, 0.3) is 11.8 Å². The summed E-state index contributed by atoms with van der Waals surface area (Å²) in [5, 5.41) is 7.75. The first kappa shape index (κ1) is 22.5. The number of anilines is 2. The summed E-state index contributed by atoms with van der Waals surface area (Å²) in [4.78, 5) is 27.3. The normalized spacial score (nSPS) is 16.2. The number of carbonyl (C=O) groups excluding carboxylic acids is 2. The van der Waals surface area contributed by atoms with Gasteiger partial charge >= 0.3 is 6.18 Å². The molecular weight excluding hydrogens is 459 g/mol. The average molecular weight is 475 g/mol. The van der Waals surface area contributed by atoms with E-state index >= 15 is 0 Å². The number of carbonyl (C=O) groups is 2. The van der Waals surface area contributed by atoms with Gasteiger partial charge in [-0.2, -0.15) is 13.2 Å². The molecule has 1 atom stereocenters. The van der Waals surface area contributed by atoms with E-state index in [-0.39, 0.29) is 21.8 Å². The third-order valence-corrected chi connectivity index (χ3v) is 6.02. The zero-order valence-corrected chi connectivity index (χ0v) is 17.5. The zero-order valence-electron chi connectivity index (χ0n) is 16.7. The van der Waals surface area contributed by atoms with Gasteiger partial charge in [-0.15, -0.1) is 0 Å². The number of nitrogens with two attached hydrogens (primary N) is 1. The Morgan fingerprint density at radius 1 is 0.970 bits per heavy atom. The van der Waals surface area contributed by atoms with E-state index in [9.17, 15) is 31.2 Å². The number of hydrogen-bond acceptors (Lipinski definition) is 4. The van der Waals surface area contributed by atoms with Gasteiger partial charge in [0, 0.05) is 5.56 Å². The van der Waals surface area contributed by atoms with E-state index in [1.165, 1.54) is 12.1 Å². The summed E-state index contributed by atoms with van der Waals surface area (Å²) in [7, 11) is -4.09. The molecule has 3 aromatic carbocycles. The van der Waals surface area contributed by atoms with Crippen molar-refractivity contribution >= 4 is 33.2 Å². The largest absolute Gasteiger partial charge is 0.416 e. The van der Waals surface area contributed by atoms with E-state index < -0.39 is 39.6 Å². The average Bonchev–Trinajstić information content (AvgIpc) is 2.76. The molecule has 0 aliphatic carbocycles. The van der Waals surface area contributed by atoms with Crippen molar-refractivity contribution in [3.05, 3.63) is 89.5 Å². The van der Waals surface area contributed by atoms with Crippen LogP contribution >= 0.6 is 0 Å². The van der Waals surface area contributed by atoms with E-state index in [2.05, 4.69) is 5.32 Å². The van der Waals surface area contributed by atoms with Crippen molar-refractivity contribution in [2.75, 3.05) is 10.2 Å². The first-order valence-electron chi connectivity index (χ1n) is 9.50. The van der Waals surface area contributed by atoms with Crippen molar-refractivity contribution in [3.63, 3.8) is 0 Å². The van der Waals surface area contributed by atoms with Crippen LogP contribution in [-0.4, -0.2) is 20.2 Å². The van der Waals surface area contributed by atoms with Crippen molar-refractivity contribution in [1.29, 1.82) is 0 Å². The smallest absolute Gasteiger partial charge is 0.322 e. The molecule has 3 N–H and O–H groups in total. The van der Waals surface area contributed by atoms with Crippen LogP contribution in [0.3, 0.4) is 0 Å². The second kappa shape index (κ2) is 8.01. The molecule has 0 radical (unpaired) electrons. The Kier molecular flexibility index (Phi) is 5.46. The Bertz CT molecular complexity index is 1340. The van der Waals surface area contributed by atoms with E-state index in [1.54, 1.807) is 30.3 Å². The van der Waals surface area contributed by atoms with Crippen LogP contribution in [0.1, 0.15) is 27.5 Å². The number of amides is 2. The fraction of sp³-hybridized carbons (Fsp3) is 0.0909. The van der Waals surface area contributed by atoms with Gasteiger partial charge in [-0.3, -0.25) is 14.5 Å². The number of sulfonamides is 1. The van der Waals surface area contributed by atoms with Gasteiger partial charge in [-0.05, 0) is 48.0 Å². The fourth-order valence-corrected chi connectivity index (χ4v) is 4.10. The van der Waals surface area contributed by atoms with Crippen LogP contribution in [0.5, 0.6) is 0 Å². The standard InChI is InChI=1S/C22H16F3N3O4S/c23-22(24,25)15-8-6-14(7-9-15)21(30)28-18-11-10-16(33(26,31)32)12-17(18)27-20(29)19(28)13-4-2-1-3-5-13/h1-12,19H,(H,27,29)(H2,26,31,32). The predicted molar refractivity (Wildman–Crippen MR) is 114 cm³/mol. The van der Waals surface area contributed by atoms with Gasteiger partial charge in [0.2, 0.25) is 10.0 Å². The minimum atomic E-state index is -4.57. The molecule has 0 spiro atoms.